The van der Waals surface area contributed by atoms with E-state index in [-0.39, 0.29) is 17.8 Å². The van der Waals surface area contributed by atoms with Gasteiger partial charge in [-0.2, -0.15) is 0 Å². The summed E-state index contributed by atoms with van der Waals surface area (Å²) in [6.45, 7) is 8.66. The molecule has 2 aromatic rings. The van der Waals surface area contributed by atoms with Crippen molar-refractivity contribution in [3.63, 3.8) is 0 Å². The van der Waals surface area contributed by atoms with Gasteiger partial charge >= 0.3 is 0 Å². The van der Waals surface area contributed by atoms with E-state index < -0.39 is 8.32 Å². The molecular formula is C26H34O2Si. The standard InChI is InChI=1S/C26H34O2Si/c1-5-29(6-2,7-3)28-26(24-19-12-9-13-20-24)22(4)25(27)21-15-14-18-23-16-10-8-11-17-23/h8-22,26H,5-7H2,1-4H3/t22-,26-/m1/s1. The highest BCUT2D eigenvalue weighted by Gasteiger charge is 2.36. The Morgan fingerprint density at radius 1 is 0.897 bits per heavy atom. The van der Waals surface area contributed by atoms with Gasteiger partial charge in [0.05, 0.1) is 6.10 Å². The highest BCUT2D eigenvalue weighted by molar-refractivity contribution is 6.73. The Morgan fingerprint density at radius 3 is 2.00 bits per heavy atom. The van der Waals surface area contributed by atoms with Crippen LogP contribution in [0.15, 0.2) is 60.7 Å². The molecule has 4 radical (unpaired) electrons. The van der Waals surface area contributed by atoms with Crippen molar-refractivity contribution in [2.75, 3.05) is 0 Å². The van der Waals surface area contributed by atoms with Crippen molar-refractivity contribution in [1.29, 1.82) is 0 Å². The summed E-state index contributed by atoms with van der Waals surface area (Å²) >= 11 is 0. The molecule has 0 N–H and O–H groups in total. The Kier molecular flexibility index (Phi) is 9.82. The molecule has 3 heteroatoms. The first-order chi connectivity index (χ1) is 14.0. The summed E-state index contributed by atoms with van der Waals surface area (Å²) in [6.07, 6.45) is 7.23. The van der Waals surface area contributed by atoms with Crippen LogP contribution >= 0.6 is 0 Å². The minimum Gasteiger partial charge on any atom is -0.409 e. The Balaban J connectivity index is 2.02. The molecule has 0 aromatic heterocycles. The van der Waals surface area contributed by atoms with Crippen LogP contribution in [0.3, 0.4) is 0 Å². The van der Waals surface area contributed by atoms with Crippen LogP contribution in [0.4, 0.5) is 0 Å². The summed E-state index contributed by atoms with van der Waals surface area (Å²) in [5.74, 6) is -0.127. The fourth-order valence-electron chi connectivity index (χ4n) is 3.55. The van der Waals surface area contributed by atoms with Gasteiger partial charge in [-0.05, 0) is 48.5 Å². The van der Waals surface area contributed by atoms with Gasteiger partial charge in [-0.15, -0.1) is 0 Å². The van der Waals surface area contributed by atoms with Crippen LogP contribution in [0.1, 0.15) is 44.9 Å². The van der Waals surface area contributed by atoms with E-state index in [0.717, 1.165) is 29.3 Å². The van der Waals surface area contributed by atoms with Gasteiger partial charge in [-0.3, -0.25) is 4.79 Å². The van der Waals surface area contributed by atoms with Gasteiger partial charge in [-0.1, -0.05) is 88.4 Å². The Bertz CT molecular complexity index is 702. The van der Waals surface area contributed by atoms with Crippen molar-refractivity contribution in [2.24, 2.45) is 5.92 Å². The molecule has 154 valence electrons. The molecule has 0 bridgehead atoms. The zero-order valence-electron chi connectivity index (χ0n) is 18.2. The molecule has 2 atom stereocenters. The lowest BCUT2D eigenvalue weighted by atomic mass is 9.91. The van der Waals surface area contributed by atoms with Gasteiger partial charge < -0.3 is 4.43 Å². The molecule has 0 saturated carbocycles. The smallest absolute Gasteiger partial charge is 0.192 e. The molecule has 0 aliphatic carbocycles. The summed E-state index contributed by atoms with van der Waals surface area (Å²) in [6, 6.07) is 23.5. The van der Waals surface area contributed by atoms with Crippen molar-refractivity contribution in [2.45, 2.75) is 51.9 Å². The number of Topliss-reactive ketones (excluding diaryl/α,β-unsaturated/α-hetero) is 1. The highest BCUT2D eigenvalue weighted by atomic mass is 28.4. The normalized spacial score (nSPS) is 13.8. The van der Waals surface area contributed by atoms with Crippen LogP contribution in [0, 0.1) is 31.6 Å². The topological polar surface area (TPSA) is 26.3 Å². The second-order valence-corrected chi connectivity index (χ2v) is 12.2. The minimum absolute atomic E-state index is 0.0998. The summed E-state index contributed by atoms with van der Waals surface area (Å²) in [4.78, 5) is 12.9. The molecule has 2 rings (SSSR count). The largest absolute Gasteiger partial charge is 0.409 e. The Morgan fingerprint density at radius 2 is 1.45 bits per heavy atom. The molecule has 0 amide bonds. The average Bonchev–Trinajstić information content (AvgIpc) is 2.79. The van der Waals surface area contributed by atoms with E-state index >= 15 is 0 Å². The number of ketones is 1. The van der Waals surface area contributed by atoms with E-state index in [1.807, 2.05) is 74.7 Å². The number of benzene rings is 2. The Hall–Kier alpha value is -1.71. The van der Waals surface area contributed by atoms with Crippen molar-refractivity contribution in [1.82, 2.24) is 0 Å². The molecule has 0 saturated heterocycles. The third-order valence-corrected chi connectivity index (χ3v) is 10.4. The van der Waals surface area contributed by atoms with Crippen LogP contribution in [0.25, 0.3) is 0 Å². The molecule has 29 heavy (non-hydrogen) atoms. The Labute approximate surface area is 178 Å². The third-order valence-electron chi connectivity index (χ3n) is 5.80. The zero-order valence-corrected chi connectivity index (χ0v) is 19.2. The fraction of sp³-hybridized carbons (Fsp3) is 0.346. The van der Waals surface area contributed by atoms with E-state index in [2.05, 4.69) is 32.9 Å². The van der Waals surface area contributed by atoms with E-state index in [4.69, 9.17) is 4.43 Å². The lowest BCUT2D eigenvalue weighted by Gasteiger charge is -2.36. The molecule has 2 nitrogen and oxygen atoms in total. The van der Waals surface area contributed by atoms with Crippen LogP contribution in [0.2, 0.25) is 18.1 Å². The van der Waals surface area contributed by atoms with Crippen LogP contribution in [-0.4, -0.2) is 14.1 Å². The number of carbonyl (C=O) groups excluding carboxylic acids is 1. The van der Waals surface area contributed by atoms with Gasteiger partial charge in [0.25, 0.3) is 0 Å². The van der Waals surface area contributed by atoms with E-state index in [0.29, 0.717) is 0 Å². The molecule has 0 spiro atoms. The lowest BCUT2D eigenvalue weighted by molar-refractivity contribution is -0.121. The van der Waals surface area contributed by atoms with Crippen molar-refractivity contribution in [3.8, 4) is 0 Å². The maximum atomic E-state index is 12.9. The quantitative estimate of drug-likeness (QED) is 0.269. The second-order valence-electron chi connectivity index (χ2n) is 7.51. The summed E-state index contributed by atoms with van der Waals surface area (Å²) in [7, 11) is -1.84. The van der Waals surface area contributed by atoms with Crippen LogP contribution < -0.4 is 0 Å². The maximum Gasteiger partial charge on any atom is 0.192 e. The predicted molar refractivity (Wildman–Crippen MR) is 124 cm³/mol. The highest BCUT2D eigenvalue weighted by Crippen LogP contribution is 2.35. The molecule has 0 aliphatic heterocycles. The first-order valence-electron chi connectivity index (χ1n) is 10.7. The monoisotopic (exact) mass is 406 g/mol. The van der Waals surface area contributed by atoms with Crippen LogP contribution in [0.5, 0.6) is 0 Å². The molecule has 0 heterocycles. The van der Waals surface area contributed by atoms with E-state index in [1.54, 1.807) is 6.42 Å². The van der Waals surface area contributed by atoms with E-state index in [1.165, 1.54) is 0 Å². The maximum absolute atomic E-state index is 12.9. The van der Waals surface area contributed by atoms with Gasteiger partial charge in [0, 0.05) is 12.3 Å². The average molecular weight is 407 g/mol. The third kappa shape index (κ3) is 6.93. The first kappa shape index (κ1) is 23.6. The SMILES string of the molecule is CC[Si](CC)(CC)O[C@@H](c1ccccc1)[C@H](C)C(=O)[CH][CH][CH][CH]c1ccccc1. The molecule has 2 aromatic carbocycles. The van der Waals surface area contributed by atoms with Gasteiger partial charge in [0.2, 0.25) is 0 Å². The van der Waals surface area contributed by atoms with Crippen LogP contribution in [-0.2, 0) is 9.22 Å². The fourth-order valence-corrected chi connectivity index (χ4v) is 6.43. The van der Waals surface area contributed by atoms with Gasteiger partial charge in [0.15, 0.2) is 8.32 Å². The van der Waals surface area contributed by atoms with Gasteiger partial charge in [-0.25, -0.2) is 0 Å². The number of unbranched alkanes of at least 4 members (excludes halogenated alkanes) is 1. The summed E-state index contributed by atoms with van der Waals surface area (Å²) < 4.78 is 6.80. The molecular weight excluding hydrogens is 372 g/mol. The minimum atomic E-state index is -1.84. The van der Waals surface area contributed by atoms with Crippen molar-refractivity contribution >= 4 is 14.1 Å². The summed E-state index contributed by atoms with van der Waals surface area (Å²) in [5.41, 5.74) is 2.21. The summed E-state index contributed by atoms with van der Waals surface area (Å²) in [5, 5.41) is 0. The van der Waals surface area contributed by atoms with E-state index in [9.17, 15) is 4.79 Å². The lowest BCUT2D eigenvalue weighted by Crippen LogP contribution is -2.40. The molecule has 0 fully saturated rings. The van der Waals surface area contributed by atoms with Crippen molar-refractivity contribution < 1.29 is 9.22 Å². The zero-order chi connectivity index (χ0) is 21.1. The number of hydrogen-bond donors (Lipinski definition) is 0. The second kappa shape index (κ2) is 12.1. The first-order valence-corrected chi connectivity index (χ1v) is 13.2. The molecule has 0 unspecified atom stereocenters. The van der Waals surface area contributed by atoms with Crippen molar-refractivity contribution in [3.05, 3.63) is 97.5 Å². The number of rotatable bonds is 13. The number of carbonyl (C=O) groups is 1. The predicted octanol–water partition coefficient (Wildman–Crippen LogP) is 6.82. The van der Waals surface area contributed by atoms with Gasteiger partial charge in [0.1, 0.15) is 5.78 Å². The molecule has 0 aliphatic rings. The number of hydrogen-bond acceptors (Lipinski definition) is 2.